The van der Waals surface area contributed by atoms with Gasteiger partial charge < -0.3 is 25.3 Å². The first-order chi connectivity index (χ1) is 15.2. The van der Waals surface area contributed by atoms with E-state index in [2.05, 4.69) is 26.2 Å². The van der Waals surface area contributed by atoms with Crippen molar-refractivity contribution in [2.75, 3.05) is 5.32 Å². The van der Waals surface area contributed by atoms with E-state index in [9.17, 15) is 19.5 Å². The standard InChI is InChI=1S/C22H20BrN5O4/c1-11-17(8-15-14-7-13(23)3-4-16(14)26-21(15)30)28(12(2)20(11)22(31)32)19(9-18(24)29)27-6-5-25-10-27/h3-8,10,19H,9H2,1-2H3,(H2,24,29)(H,26,30)(H,31,32). The van der Waals surface area contributed by atoms with E-state index in [1.54, 1.807) is 47.5 Å². The summed E-state index contributed by atoms with van der Waals surface area (Å²) in [5.41, 5.74) is 8.80. The number of anilines is 1. The Hall–Kier alpha value is -3.66. The fourth-order valence-corrected chi connectivity index (χ4v) is 4.52. The normalized spacial score (nSPS) is 15.0. The van der Waals surface area contributed by atoms with Crippen molar-refractivity contribution in [1.29, 1.82) is 0 Å². The molecule has 1 unspecified atom stereocenters. The van der Waals surface area contributed by atoms with Crippen molar-refractivity contribution in [2.45, 2.75) is 26.4 Å². The number of nitrogens with two attached hydrogens (primary N) is 1. The number of primary amides is 1. The topological polar surface area (TPSA) is 132 Å². The molecular formula is C22H20BrN5O4. The summed E-state index contributed by atoms with van der Waals surface area (Å²) in [6.07, 6.45) is 5.69. The summed E-state index contributed by atoms with van der Waals surface area (Å²) < 4.78 is 4.21. The van der Waals surface area contributed by atoms with Crippen LogP contribution in [0, 0.1) is 13.8 Å². The van der Waals surface area contributed by atoms with Gasteiger partial charge in [-0.1, -0.05) is 15.9 Å². The minimum atomic E-state index is -1.10. The molecule has 4 rings (SSSR count). The Bertz CT molecular complexity index is 1290. The number of imidazole rings is 1. The molecule has 0 aliphatic carbocycles. The number of aromatic carboxylic acids is 1. The van der Waals surface area contributed by atoms with E-state index < -0.39 is 18.0 Å². The van der Waals surface area contributed by atoms with Crippen molar-refractivity contribution < 1.29 is 19.5 Å². The zero-order valence-corrected chi connectivity index (χ0v) is 18.9. The van der Waals surface area contributed by atoms with Gasteiger partial charge in [0.25, 0.3) is 5.91 Å². The number of halogens is 1. The largest absolute Gasteiger partial charge is 0.478 e. The molecule has 1 atom stereocenters. The second-order valence-corrected chi connectivity index (χ2v) is 8.42. The molecule has 2 amide bonds. The molecule has 0 spiro atoms. The molecule has 10 heteroatoms. The molecule has 164 valence electrons. The molecule has 4 N–H and O–H groups in total. The van der Waals surface area contributed by atoms with Gasteiger partial charge in [0.15, 0.2) is 0 Å². The third kappa shape index (κ3) is 3.62. The van der Waals surface area contributed by atoms with Gasteiger partial charge in [0, 0.05) is 39.5 Å². The van der Waals surface area contributed by atoms with E-state index in [1.165, 1.54) is 6.33 Å². The summed E-state index contributed by atoms with van der Waals surface area (Å²) in [4.78, 5) is 40.8. The van der Waals surface area contributed by atoms with Crippen LogP contribution >= 0.6 is 15.9 Å². The maximum absolute atomic E-state index is 12.8. The maximum atomic E-state index is 12.8. The van der Waals surface area contributed by atoms with Gasteiger partial charge in [0.1, 0.15) is 6.17 Å². The summed E-state index contributed by atoms with van der Waals surface area (Å²) in [5.74, 6) is -1.95. The first kappa shape index (κ1) is 21.6. The van der Waals surface area contributed by atoms with Crippen LogP contribution in [0.4, 0.5) is 5.69 Å². The number of carbonyl (C=O) groups is 3. The molecule has 0 fully saturated rings. The molecular weight excluding hydrogens is 478 g/mol. The Labute approximate surface area is 191 Å². The van der Waals surface area contributed by atoms with Crippen LogP contribution in [0.15, 0.2) is 41.4 Å². The number of nitrogens with one attached hydrogen (secondary N) is 1. The molecule has 0 saturated carbocycles. The number of hydrogen-bond acceptors (Lipinski definition) is 4. The SMILES string of the molecule is Cc1c(C(=O)O)c(C)n(C(CC(N)=O)n2ccnc2)c1C=C1C(=O)Nc2ccc(Br)cc21. The Morgan fingerprint density at radius 3 is 2.72 bits per heavy atom. The highest BCUT2D eigenvalue weighted by molar-refractivity contribution is 9.10. The average Bonchev–Trinajstić information content (AvgIpc) is 3.39. The number of hydrogen-bond donors (Lipinski definition) is 3. The lowest BCUT2D eigenvalue weighted by atomic mass is 10.0. The fourth-order valence-electron chi connectivity index (χ4n) is 4.15. The highest BCUT2D eigenvalue weighted by atomic mass is 79.9. The van der Waals surface area contributed by atoms with Gasteiger partial charge in [0.05, 0.1) is 23.9 Å². The highest BCUT2D eigenvalue weighted by Crippen LogP contribution is 2.37. The number of benzene rings is 1. The molecule has 32 heavy (non-hydrogen) atoms. The lowest BCUT2D eigenvalue weighted by molar-refractivity contribution is -0.119. The van der Waals surface area contributed by atoms with Crippen LogP contribution in [-0.4, -0.2) is 37.0 Å². The number of amides is 2. The number of carboxylic acids is 1. The van der Waals surface area contributed by atoms with Gasteiger partial charge in [-0.05, 0) is 43.7 Å². The van der Waals surface area contributed by atoms with E-state index in [4.69, 9.17) is 5.73 Å². The molecule has 0 bridgehead atoms. The highest BCUT2D eigenvalue weighted by Gasteiger charge is 2.30. The van der Waals surface area contributed by atoms with Crippen LogP contribution in [0.3, 0.4) is 0 Å². The maximum Gasteiger partial charge on any atom is 0.337 e. The fraction of sp³-hybridized carbons (Fsp3) is 0.182. The molecule has 3 aromatic rings. The van der Waals surface area contributed by atoms with Gasteiger partial charge in [-0.25, -0.2) is 9.78 Å². The predicted molar refractivity (Wildman–Crippen MR) is 122 cm³/mol. The quantitative estimate of drug-likeness (QED) is 0.449. The first-order valence-electron chi connectivity index (χ1n) is 9.72. The lowest BCUT2D eigenvalue weighted by Crippen LogP contribution is -2.26. The molecule has 0 radical (unpaired) electrons. The first-order valence-corrected chi connectivity index (χ1v) is 10.5. The Kier molecular flexibility index (Phi) is 5.47. The van der Waals surface area contributed by atoms with Crippen molar-refractivity contribution in [3.8, 4) is 0 Å². The minimum Gasteiger partial charge on any atom is -0.478 e. The van der Waals surface area contributed by atoms with Crippen LogP contribution in [0.25, 0.3) is 11.6 Å². The molecule has 0 saturated heterocycles. The van der Waals surface area contributed by atoms with Crippen molar-refractivity contribution in [3.63, 3.8) is 0 Å². The van der Waals surface area contributed by atoms with Crippen LogP contribution in [0.2, 0.25) is 0 Å². The van der Waals surface area contributed by atoms with Gasteiger partial charge in [0.2, 0.25) is 5.91 Å². The second kappa shape index (κ2) is 8.12. The zero-order valence-electron chi connectivity index (χ0n) is 17.3. The third-order valence-electron chi connectivity index (χ3n) is 5.55. The number of rotatable bonds is 6. The Morgan fingerprint density at radius 2 is 2.09 bits per heavy atom. The summed E-state index contributed by atoms with van der Waals surface area (Å²) in [5, 5.41) is 12.7. The Morgan fingerprint density at radius 1 is 1.34 bits per heavy atom. The van der Waals surface area contributed by atoms with Crippen molar-refractivity contribution in [2.24, 2.45) is 5.73 Å². The molecule has 1 aliphatic heterocycles. The third-order valence-corrected chi connectivity index (χ3v) is 6.05. The number of nitrogens with zero attached hydrogens (tertiary/aromatic N) is 3. The van der Waals surface area contributed by atoms with Gasteiger partial charge in [-0.2, -0.15) is 0 Å². The van der Waals surface area contributed by atoms with Gasteiger partial charge in [-0.3, -0.25) is 9.59 Å². The van der Waals surface area contributed by atoms with Crippen LogP contribution < -0.4 is 11.1 Å². The monoisotopic (exact) mass is 497 g/mol. The predicted octanol–water partition coefficient (Wildman–Crippen LogP) is 3.18. The Balaban J connectivity index is 1.99. The summed E-state index contributed by atoms with van der Waals surface area (Å²) >= 11 is 3.43. The van der Waals surface area contributed by atoms with E-state index >= 15 is 0 Å². The number of carboxylic acid groups (broad SMARTS) is 1. The van der Waals surface area contributed by atoms with Crippen LogP contribution in [0.1, 0.15) is 45.5 Å². The molecule has 3 heterocycles. The summed E-state index contributed by atoms with van der Waals surface area (Å²) in [6, 6.07) is 5.44. The summed E-state index contributed by atoms with van der Waals surface area (Å²) in [7, 11) is 0. The molecule has 9 nitrogen and oxygen atoms in total. The summed E-state index contributed by atoms with van der Waals surface area (Å²) in [6.45, 7) is 3.35. The van der Waals surface area contributed by atoms with E-state index in [1.807, 2.05) is 12.1 Å². The van der Waals surface area contributed by atoms with Gasteiger partial charge >= 0.3 is 5.97 Å². The minimum absolute atomic E-state index is 0.0884. The molecule has 2 aromatic heterocycles. The van der Waals surface area contributed by atoms with E-state index in [0.717, 1.165) is 4.47 Å². The lowest BCUT2D eigenvalue weighted by Gasteiger charge is -2.23. The smallest absolute Gasteiger partial charge is 0.337 e. The number of fused-ring (bicyclic) bond motifs is 1. The number of carbonyl (C=O) groups excluding carboxylic acids is 2. The van der Waals surface area contributed by atoms with Crippen LogP contribution in [-0.2, 0) is 9.59 Å². The zero-order chi connectivity index (χ0) is 23.2. The van der Waals surface area contributed by atoms with Crippen molar-refractivity contribution >= 4 is 51.1 Å². The molecule has 1 aromatic carbocycles. The van der Waals surface area contributed by atoms with E-state index in [-0.39, 0.29) is 17.9 Å². The van der Waals surface area contributed by atoms with Crippen molar-refractivity contribution in [1.82, 2.24) is 14.1 Å². The van der Waals surface area contributed by atoms with Gasteiger partial charge in [-0.15, -0.1) is 0 Å². The molecule has 1 aliphatic rings. The van der Waals surface area contributed by atoms with Crippen molar-refractivity contribution in [3.05, 3.63) is 69.5 Å². The number of aromatic nitrogens is 3. The second-order valence-electron chi connectivity index (χ2n) is 7.51. The average molecular weight is 498 g/mol. The van der Waals surface area contributed by atoms with Crippen LogP contribution in [0.5, 0.6) is 0 Å². The van der Waals surface area contributed by atoms with E-state index in [0.29, 0.717) is 33.8 Å².